The number of pyridine rings is 2. The molecule has 6 nitrogen and oxygen atoms in total. The van der Waals surface area contributed by atoms with Gasteiger partial charge in [-0.15, -0.1) is 0 Å². The van der Waals surface area contributed by atoms with Gasteiger partial charge in [0.05, 0.1) is 33.5 Å². The van der Waals surface area contributed by atoms with E-state index in [4.69, 9.17) is 11.5 Å². The maximum atomic E-state index is 11.2. The topological polar surface area (TPSA) is 112 Å². The summed E-state index contributed by atoms with van der Waals surface area (Å²) in [6, 6.07) is 15.0. The number of fused-ring (bicyclic) bond motifs is 2. The summed E-state index contributed by atoms with van der Waals surface area (Å²) in [5.74, 6) is -0.110. The predicted molar refractivity (Wildman–Crippen MR) is 112 cm³/mol. The van der Waals surface area contributed by atoms with Gasteiger partial charge in [0, 0.05) is 23.2 Å². The second-order valence-corrected chi connectivity index (χ2v) is 6.32. The average Bonchev–Trinajstić information content (AvgIpc) is 2.69. The average molecular weight is 372 g/mol. The molecule has 0 amide bonds. The third-order valence-corrected chi connectivity index (χ3v) is 4.39. The van der Waals surface area contributed by atoms with Crippen LogP contribution in [-0.4, -0.2) is 21.5 Å². The molecule has 2 aromatic heterocycles. The molecule has 2 heterocycles. The van der Waals surface area contributed by atoms with Gasteiger partial charge in [0.2, 0.25) is 0 Å². The quantitative estimate of drug-likeness (QED) is 0.514. The minimum Gasteiger partial charge on any atom is -0.398 e. The molecule has 28 heavy (non-hydrogen) atoms. The first-order valence-electron chi connectivity index (χ1n) is 8.68. The van der Waals surface area contributed by atoms with Crippen molar-refractivity contribution in [2.75, 3.05) is 11.5 Å². The van der Waals surface area contributed by atoms with Crippen molar-refractivity contribution in [3.63, 3.8) is 0 Å². The first-order chi connectivity index (χ1) is 13.4. The van der Waals surface area contributed by atoms with E-state index >= 15 is 0 Å². The maximum Gasteiger partial charge on any atom is 0.163 e. The molecule has 6 heteroatoms. The molecule has 0 fully saturated rings. The van der Waals surface area contributed by atoms with Crippen molar-refractivity contribution in [3.8, 4) is 0 Å². The summed E-state index contributed by atoms with van der Waals surface area (Å²) < 4.78 is 0. The van der Waals surface area contributed by atoms with Crippen LogP contribution >= 0.6 is 0 Å². The summed E-state index contributed by atoms with van der Waals surface area (Å²) >= 11 is 0. The van der Waals surface area contributed by atoms with Crippen molar-refractivity contribution in [2.24, 2.45) is 0 Å². The van der Waals surface area contributed by atoms with Gasteiger partial charge in [-0.05, 0) is 26.0 Å². The first kappa shape index (κ1) is 19.0. The Hall–Kier alpha value is -3.80. The number of Topliss-reactive ketones (excluding diaryl/α,β-unsaturated/α-hetero) is 2. The van der Waals surface area contributed by atoms with Crippen LogP contribution in [0.15, 0.2) is 60.9 Å². The van der Waals surface area contributed by atoms with E-state index in [9.17, 15) is 9.59 Å². The summed E-state index contributed by atoms with van der Waals surface area (Å²) in [5.41, 5.74) is 15.4. The van der Waals surface area contributed by atoms with Crippen molar-refractivity contribution in [1.82, 2.24) is 9.97 Å². The van der Waals surface area contributed by atoms with Gasteiger partial charge in [-0.25, -0.2) is 0 Å². The zero-order valence-corrected chi connectivity index (χ0v) is 15.6. The molecule has 0 aliphatic heterocycles. The van der Waals surface area contributed by atoms with Gasteiger partial charge in [-0.2, -0.15) is 0 Å². The summed E-state index contributed by atoms with van der Waals surface area (Å²) in [5, 5.41) is 1.67. The van der Waals surface area contributed by atoms with Crippen LogP contribution in [0.3, 0.4) is 0 Å². The van der Waals surface area contributed by atoms with Crippen molar-refractivity contribution >= 4 is 44.7 Å². The second-order valence-electron chi connectivity index (χ2n) is 6.32. The van der Waals surface area contributed by atoms with Crippen LogP contribution in [-0.2, 0) is 0 Å². The number of para-hydroxylation sites is 2. The highest BCUT2D eigenvalue weighted by Gasteiger charge is 2.09. The summed E-state index contributed by atoms with van der Waals surface area (Å²) in [4.78, 5) is 30.7. The molecular weight excluding hydrogens is 352 g/mol. The lowest BCUT2D eigenvalue weighted by Gasteiger charge is -2.04. The molecule has 4 aromatic rings. The van der Waals surface area contributed by atoms with Gasteiger partial charge in [0.15, 0.2) is 11.6 Å². The SMILES string of the molecule is CC(=O)c1cnc2ccccc2c1N.CC(=O)c1cnc2ccccc2c1N. The van der Waals surface area contributed by atoms with E-state index in [-0.39, 0.29) is 11.6 Å². The molecule has 2 aromatic carbocycles. The molecule has 0 radical (unpaired) electrons. The summed E-state index contributed by atoms with van der Waals surface area (Å²) in [6.07, 6.45) is 3.06. The first-order valence-corrected chi connectivity index (χ1v) is 8.68. The Morgan fingerprint density at radius 2 is 1.04 bits per heavy atom. The van der Waals surface area contributed by atoms with Crippen molar-refractivity contribution in [3.05, 3.63) is 72.1 Å². The number of hydrogen-bond donors (Lipinski definition) is 2. The van der Waals surface area contributed by atoms with Gasteiger partial charge in [-0.3, -0.25) is 19.6 Å². The van der Waals surface area contributed by atoms with Crippen molar-refractivity contribution < 1.29 is 9.59 Å². The Labute approximate surface area is 162 Å². The number of ketones is 2. The van der Waals surface area contributed by atoms with E-state index in [0.29, 0.717) is 22.5 Å². The van der Waals surface area contributed by atoms with Crippen molar-refractivity contribution in [2.45, 2.75) is 13.8 Å². The molecular formula is C22H20N4O2. The molecule has 0 unspecified atom stereocenters. The minimum absolute atomic E-state index is 0.0549. The molecule has 4 rings (SSSR count). The predicted octanol–water partition coefficient (Wildman–Crippen LogP) is 4.04. The number of hydrogen-bond acceptors (Lipinski definition) is 6. The zero-order chi connectivity index (χ0) is 20.3. The van der Waals surface area contributed by atoms with Crippen LogP contribution in [0.25, 0.3) is 21.8 Å². The number of anilines is 2. The Morgan fingerprint density at radius 3 is 1.39 bits per heavy atom. The number of carbonyl (C=O) groups excluding carboxylic acids is 2. The highest BCUT2D eigenvalue weighted by molar-refractivity contribution is 6.06. The molecule has 0 atom stereocenters. The number of carbonyl (C=O) groups is 2. The maximum absolute atomic E-state index is 11.2. The number of rotatable bonds is 2. The fraction of sp³-hybridized carbons (Fsp3) is 0.0909. The van der Waals surface area contributed by atoms with Gasteiger partial charge in [-0.1, -0.05) is 36.4 Å². The number of nitrogens with two attached hydrogens (primary N) is 2. The third kappa shape index (κ3) is 3.66. The van der Waals surface area contributed by atoms with Crippen LogP contribution in [0, 0.1) is 0 Å². The lowest BCUT2D eigenvalue weighted by atomic mass is 10.1. The smallest absolute Gasteiger partial charge is 0.163 e. The Bertz CT molecular complexity index is 1110. The van der Waals surface area contributed by atoms with Crippen LogP contribution in [0.5, 0.6) is 0 Å². The van der Waals surface area contributed by atoms with E-state index in [1.165, 1.54) is 26.2 Å². The molecule has 0 aliphatic rings. The molecule has 0 saturated carbocycles. The number of nitrogen functional groups attached to an aromatic ring is 2. The van der Waals surface area contributed by atoms with Crippen LogP contribution in [0.2, 0.25) is 0 Å². The highest BCUT2D eigenvalue weighted by Crippen LogP contribution is 2.23. The van der Waals surface area contributed by atoms with Crippen LogP contribution in [0.4, 0.5) is 11.4 Å². The summed E-state index contributed by atoms with van der Waals surface area (Å²) in [6.45, 7) is 2.98. The number of aromatic nitrogens is 2. The van der Waals surface area contributed by atoms with Gasteiger partial charge in [0.25, 0.3) is 0 Å². The van der Waals surface area contributed by atoms with E-state index in [1.54, 1.807) is 0 Å². The summed E-state index contributed by atoms with van der Waals surface area (Å²) in [7, 11) is 0. The van der Waals surface area contributed by atoms with E-state index in [0.717, 1.165) is 21.8 Å². The fourth-order valence-corrected chi connectivity index (χ4v) is 2.89. The number of nitrogens with zero attached hydrogens (tertiary/aromatic N) is 2. The van der Waals surface area contributed by atoms with Crippen molar-refractivity contribution in [1.29, 1.82) is 0 Å². The lowest BCUT2D eigenvalue weighted by molar-refractivity contribution is 0.101. The van der Waals surface area contributed by atoms with E-state index in [2.05, 4.69) is 9.97 Å². The van der Waals surface area contributed by atoms with E-state index < -0.39 is 0 Å². The minimum atomic E-state index is -0.0549. The van der Waals surface area contributed by atoms with Gasteiger partial charge >= 0.3 is 0 Å². The van der Waals surface area contributed by atoms with Crippen LogP contribution in [0.1, 0.15) is 34.6 Å². The monoisotopic (exact) mass is 372 g/mol. The molecule has 0 aliphatic carbocycles. The van der Waals surface area contributed by atoms with E-state index in [1.807, 2.05) is 48.5 Å². The molecule has 0 bridgehead atoms. The normalized spacial score (nSPS) is 10.4. The standard InChI is InChI=1S/2C11H10N2O/c2*1-7(14)9-6-13-10-5-3-2-4-8(10)11(9)12/h2*2-6H,1H3,(H2,12,13). The Balaban J connectivity index is 0.000000161. The third-order valence-electron chi connectivity index (χ3n) is 4.39. The van der Waals surface area contributed by atoms with Gasteiger partial charge < -0.3 is 11.5 Å². The Kier molecular flexibility index (Phi) is 5.31. The molecule has 4 N–H and O–H groups in total. The van der Waals surface area contributed by atoms with Gasteiger partial charge in [0.1, 0.15) is 0 Å². The Morgan fingerprint density at radius 1 is 0.679 bits per heavy atom. The fourth-order valence-electron chi connectivity index (χ4n) is 2.89. The van der Waals surface area contributed by atoms with Crippen LogP contribution < -0.4 is 11.5 Å². The number of benzene rings is 2. The molecule has 0 spiro atoms. The lowest BCUT2D eigenvalue weighted by Crippen LogP contribution is -2.01. The zero-order valence-electron chi connectivity index (χ0n) is 15.6. The highest BCUT2D eigenvalue weighted by atomic mass is 16.1. The molecule has 0 saturated heterocycles. The molecule has 140 valence electrons. The largest absolute Gasteiger partial charge is 0.398 e. The second kappa shape index (κ2) is 7.84.